The molecule has 1 aliphatic heterocycles. The van der Waals surface area contributed by atoms with Gasteiger partial charge in [-0.3, -0.25) is 4.79 Å². The molecule has 1 saturated heterocycles. The van der Waals surface area contributed by atoms with Crippen molar-refractivity contribution < 1.29 is 27.9 Å². The number of nitriles is 1. The lowest BCUT2D eigenvalue weighted by atomic mass is 10.1. The average Bonchev–Trinajstić information content (AvgIpc) is 3.58. The number of thiazole rings is 1. The molecule has 0 saturated carbocycles. The average molecular weight is 685 g/mol. The van der Waals surface area contributed by atoms with E-state index in [1.807, 2.05) is 18.0 Å². The molecule has 0 radical (unpaired) electrons. The zero-order valence-electron chi connectivity index (χ0n) is 23.6. The number of amides is 1. The van der Waals surface area contributed by atoms with Gasteiger partial charge in [-0.2, -0.15) is 23.5 Å². The molecule has 0 bridgehead atoms. The molecule has 4 aromatic rings. The van der Waals surface area contributed by atoms with Crippen LogP contribution in [0.15, 0.2) is 30.5 Å². The molecule has 0 spiro atoms. The van der Waals surface area contributed by atoms with Crippen LogP contribution in [0.3, 0.4) is 0 Å². The summed E-state index contributed by atoms with van der Waals surface area (Å²) < 4.78 is 33.4. The number of halogens is 5. The monoisotopic (exact) mass is 683 g/mol. The number of anilines is 2. The van der Waals surface area contributed by atoms with Gasteiger partial charge in [0.05, 0.1) is 21.9 Å². The molecule has 5 rings (SSSR count). The summed E-state index contributed by atoms with van der Waals surface area (Å²) in [5.74, 6) is -2.01. The largest absolute Gasteiger partial charge is 0.490 e. The van der Waals surface area contributed by atoms with Crippen LogP contribution >= 0.6 is 34.5 Å². The highest BCUT2D eigenvalue weighted by atomic mass is 35.5. The third-order valence-corrected chi connectivity index (χ3v) is 8.16. The molecular formula is C27H26Cl2F3N9O3S. The fourth-order valence-electron chi connectivity index (χ4n) is 4.24. The van der Waals surface area contributed by atoms with E-state index in [2.05, 4.69) is 26.4 Å². The number of carboxylic acids is 1. The first kappa shape index (κ1) is 33.7. The van der Waals surface area contributed by atoms with Gasteiger partial charge in [-0.05, 0) is 31.7 Å². The highest BCUT2D eigenvalue weighted by molar-refractivity contribution is 7.12. The Morgan fingerprint density at radius 1 is 1.18 bits per heavy atom. The lowest BCUT2D eigenvalue weighted by Crippen LogP contribution is -2.47. The van der Waals surface area contributed by atoms with Gasteiger partial charge >= 0.3 is 12.1 Å². The smallest absolute Gasteiger partial charge is 0.475 e. The SMILES string of the molecule is CN1CCN(C(=O)c2cc3c(NCCCc4nc(N)c(C#N)s4)nc(-c4ccc(Cl)cc4Cl)cn3n2)CC1.O=C(O)C(F)(F)F. The lowest BCUT2D eigenvalue weighted by Gasteiger charge is -2.31. The van der Waals surface area contributed by atoms with Crippen molar-refractivity contribution in [2.24, 2.45) is 0 Å². The van der Waals surface area contributed by atoms with E-state index in [0.717, 1.165) is 24.5 Å². The van der Waals surface area contributed by atoms with Crippen molar-refractivity contribution in [2.45, 2.75) is 19.0 Å². The van der Waals surface area contributed by atoms with Gasteiger partial charge in [0.25, 0.3) is 5.91 Å². The molecule has 0 aliphatic carbocycles. The number of nitrogen functional groups attached to an aromatic ring is 1. The fraction of sp³-hybridized carbons (Fsp3) is 0.333. The quantitative estimate of drug-likeness (QED) is 0.233. The van der Waals surface area contributed by atoms with Gasteiger partial charge in [0.15, 0.2) is 17.3 Å². The maximum absolute atomic E-state index is 13.2. The van der Waals surface area contributed by atoms with Crippen molar-refractivity contribution >= 4 is 63.6 Å². The molecule has 1 amide bonds. The van der Waals surface area contributed by atoms with Gasteiger partial charge in [0, 0.05) is 55.8 Å². The summed E-state index contributed by atoms with van der Waals surface area (Å²) in [6.07, 6.45) is -1.92. The summed E-state index contributed by atoms with van der Waals surface area (Å²) >= 11 is 13.9. The van der Waals surface area contributed by atoms with E-state index in [9.17, 15) is 18.0 Å². The first-order chi connectivity index (χ1) is 21.3. The number of carbonyl (C=O) groups excluding carboxylic acids is 1. The number of fused-ring (bicyclic) bond motifs is 1. The minimum Gasteiger partial charge on any atom is -0.475 e. The van der Waals surface area contributed by atoms with E-state index in [4.69, 9.17) is 49.1 Å². The number of benzene rings is 1. The number of hydrogen-bond acceptors (Lipinski definition) is 10. The number of nitrogens with one attached hydrogen (secondary N) is 1. The molecule has 238 valence electrons. The zero-order chi connectivity index (χ0) is 32.9. The van der Waals surface area contributed by atoms with Crippen LogP contribution in [0, 0.1) is 11.3 Å². The van der Waals surface area contributed by atoms with E-state index in [0.29, 0.717) is 69.3 Å². The molecule has 1 aromatic carbocycles. The second-order valence-corrected chi connectivity index (χ2v) is 11.7. The normalized spacial score (nSPS) is 13.7. The highest BCUT2D eigenvalue weighted by Crippen LogP contribution is 2.31. The Kier molecular flexibility index (Phi) is 10.7. The van der Waals surface area contributed by atoms with Crippen LogP contribution in [0.1, 0.15) is 26.8 Å². The molecular weight excluding hydrogens is 658 g/mol. The standard InChI is InChI=1S/C25H25Cl2N9OS.C2HF3O2/c1-34-7-9-35(10-8-34)25(37)18-12-20-24(30-6-2-3-22-32-23(29)21(13-28)38-22)31-19(14-36(20)33-18)16-5-4-15(26)11-17(16)27;3-2(4,5)1(6)7/h4-5,11-12,14H,2-3,6-10,29H2,1H3,(H,30,31);(H,6,7). The van der Waals surface area contributed by atoms with Crippen LogP contribution in [0.2, 0.25) is 10.0 Å². The Morgan fingerprint density at radius 3 is 2.47 bits per heavy atom. The number of aryl methyl sites for hydroxylation is 1. The van der Waals surface area contributed by atoms with Gasteiger partial charge < -0.3 is 26.0 Å². The molecule has 3 aromatic heterocycles. The predicted octanol–water partition coefficient (Wildman–Crippen LogP) is 4.68. The Bertz CT molecular complexity index is 1750. The highest BCUT2D eigenvalue weighted by Gasteiger charge is 2.38. The summed E-state index contributed by atoms with van der Waals surface area (Å²) in [5, 5.41) is 26.0. The number of aromatic nitrogens is 4. The van der Waals surface area contributed by atoms with Crippen molar-refractivity contribution in [3.05, 3.63) is 56.1 Å². The first-order valence-corrected chi connectivity index (χ1v) is 14.9. The second-order valence-electron chi connectivity index (χ2n) is 9.82. The number of rotatable bonds is 7. The maximum Gasteiger partial charge on any atom is 0.490 e. The van der Waals surface area contributed by atoms with E-state index < -0.39 is 12.1 Å². The summed E-state index contributed by atoms with van der Waals surface area (Å²) in [5.41, 5.74) is 8.12. The van der Waals surface area contributed by atoms with Crippen molar-refractivity contribution in [1.82, 2.24) is 29.4 Å². The molecule has 0 atom stereocenters. The fourth-order valence-corrected chi connectivity index (χ4v) is 5.56. The number of nitrogens with two attached hydrogens (primary N) is 1. The second kappa shape index (κ2) is 14.3. The number of piperazine rings is 1. The maximum atomic E-state index is 13.2. The Hall–Kier alpha value is -4.17. The zero-order valence-corrected chi connectivity index (χ0v) is 25.9. The molecule has 1 aliphatic rings. The van der Waals surface area contributed by atoms with Gasteiger partial charge in [-0.25, -0.2) is 19.3 Å². The number of carboxylic acid groups (broad SMARTS) is 1. The minimum absolute atomic E-state index is 0.103. The third-order valence-electron chi connectivity index (χ3n) is 6.57. The van der Waals surface area contributed by atoms with E-state index in [1.165, 1.54) is 11.3 Å². The minimum atomic E-state index is -5.08. The number of alkyl halides is 3. The van der Waals surface area contributed by atoms with Crippen LogP contribution < -0.4 is 11.1 Å². The van der Waals surface area contributed by atoms with Gasteiger partial charge in [-0.1, -0.05) is 23.2 Å². The van der Waals surface area contributed by atoms with E-state index in [-0.39, 0.29) is 11.7 Å². The van der Waals surface area contributed by atoms with Crippen molar-refractivity contribution in [3.63, 3.8) is 0 Å². The molecule has 4 N–H and O–H groups in total. The van der Waals surface area contributed by atoms with Crippen LogP contribution in [0.5, 0.6) is 0 Å². The molecule has 45 heavy (non-hydrogen) atoms. The van der Waals surface area contributed by atoms with Crippen LogP contribution in [0.4, 0.5) is 24.8 Å². The van der Waals surface area contributed by atoms with Gasteiger partial charge in [-0.15, -0.1) is 11.3 Å². The van der Waals surface area contributed by atoms with E-state index in [1.54, 1.807) is 28.9 Å². The summed E-state index contributed by atoms with van der Waals surface area (Å²) in [4.78, 5) is 35.7. The van der Waals surface area contributed by atoms with E-state index >= 15 is 0 Å². The molecule has 1 fully saturated rings. The summed E-state index contributed by atoms with van der Waals surface area (Å²) in [6.45, 7) is 3.55. The molecule has 12 nitrogen and oxygen atoms in total. The Balaban J connectivity index is 0.000000591. The first-order valence-electron chi connectivity index (χ1n) is 13.3. The summed E-state index contributed by atoms with van der Waals surface area (Å²) in [7, 11) is 2.05. The van der Waals surface area contributed by atoms with Gasteiger partial charge in [0.1, 0.15) is 16.5 Å². The Labute approximate surface area is 268 Å². The van der Waals surface area contributed by atoms with Crippen molar-refractivity contribution in [2.75, 3.05) is 50.8 Å². The van der Waals surface area contributed by atoms with Gasteiger partial charge in [0.2, 0.25) is 0 Å². The van der Waals surface area contributed by atoms with Crippen molar-refractivity contribution in [3.8, 4) is 17.3 Å². The number of carbonyl (C=O) groups is 2. The van der Waals surface area contributed by atoms with Crippen LogP contribution in [-0.2, 0) is 11.2 Å². The lowest BCUT2D eigenvalue weighted by molar-refractivity contribution is -0.192. The molecule has 4 heterocycles. The number of likely N-dealkylation sites (N-methyl/N-ethyl adjacent to an activating group) is 1. The van der Waals surface area contributed by atoms with Crippen molar-refractivity contribution in [1.29, 1.82) is 5.26 Å². The molecule has 18 heteroatoms. The number of nitrogens with zero attached hydrogens (tertiary/aromatic N) is 7. The topological polar surface area (TPSA) is 166 Å². The number of aliphatic carboxylic acids is 1. The predicted molar refractivity (Wildman–Crippen MR) is 164 cm³/mol. The summed E-state index contributed by atoms with van der Waals surface area (Å²) in [6, 6.07) is 9.05. The van der Waals surface area contributed by atoms with Crippen LogP contribution in [-0.4, -0.2) is 92.3 Å². The Morgan fingerprint density at radius 2 is 1.87 bits per heavy atom. The number of hydrogen-bond donors (Lipinski definition) is 3. The van der Waals surface area contributed by atoms with Crippen LogP contribution in [0.25, 0.3) is 16.8 Å². The third kappa shape index (κ3) is 8.51. The molecule has 0 unspecified atom stereocenters.